The van der Waals surface area contributed by atoms with Gasteiger partial charge >= 0.3 is 0 Å². The number of ether oxygens (including phenoxy) is 1. The molecule has 0 amide bonds. The molecule has 0 N–H and O–H groups in total. The highest BCUT2D eigenvalue weighted by atomic mass is 16.5. The zero-order valence-electron chi connectivity index (χ0n) is 12.8. The molecule has 2 heterocycles. The molecule has 1 fully saturated rings. The van der Waals surface area contributed by atoms with E-state index < -0.39 is 0 Å². The van der Waals surface area contributed by atoms with Crippen LogP contribution < -0.4 is 4.74 Å². The Labute approximate surface area is 125 Å². The van der Waals surface area contributed by atoms with Crippen LogP contribution in [-0.2, 0) is 6.54 Å². The van der Waals surface area contributed by atoms with Gasteiger partial charge in [0.2, 0.25) is 0 Å². The van der Waals surface area contributed by atoms with Crippen LogP contribution >= 0.6 is 0 Å². The van der Waals surface area contributed by atoms with Gasteiger partial charge in [0.05, 0.1) is 7.11 Å². The average molecular weight is 286 g/mol. The Bertz CT molecular complexity index is 654. The van der Waals surface area contributed by atoms with Gasteiger partial charge in [-0.25, -0.2) is 0 Å². The minimum Gasteiger partial charge on any atom is -0.497 e. The van der Waals surface area contributed by atoms with E-state index in [2.05, 4.69) is 15.5 Å². The standard InChI is InChI=1S/C17H22N2O2/c1-13-16(12-20)15-11-14(21-2)5-6-17(15)19(13)10-9-18-7-3-4-8-18/h5-6,11-12H,3-4,7-10H2,1-2H3. The first-order valence-corrected chi connectivity index (χ1v) is 7.59. The van der Waals surface area contributed by atoms with Crippen molar-refractivity contribution in [3.8, 4) is 5.75 Å². The second-order valence-corrected chi connectivity index (χ2v) is 5.70. The fraction of sp³-hybridized carbons (Fsp3) is 0.471. The quantitative estimate of drug-likeness (QED) is 0.793. The van der Waals surface area contributed by atoms with Crippen LogP contribution in [0.4, 0.5) is 0 Å². The number of carbonyl (C=O) groups excluding carboxylic acids is 1. The van der Waals surface area contributed by atoms with E-state index in [0.717, 1.165) is 47.3 Å². The lowest BCUT2D eigenvalue weighted by atomic mass is 10.1. The summed E-state index contributed by atoms with van der Waals surface area (Å²) < 4.78 is 7.54. The van der Waals surface area contributed by atoms with Crippen molar-refractivity contribution in [3.05, 3.63) is 29.5 Å². The highest BCUT2D eigenvalue weighted by Gasteiger charge is 2.16. The Hall–Kier alpha value is -1.81. The Balaban J connectivity index is 1.96. The summed E-state index contributed by atoms with van der Waals surface area (Å²) in [6.07, 6.45) is 3.58. The Morgan fingerprint density at radius 3 is 2.67 bits per heavy atom. The maximum absolute atomic E-state index is 11.5. The summed E-state index contributed by atoms with van der Waals surface area (Å²) in [7, 11) is 1.65. The number of likely N-dealkylation sites (tertiary alicyclic amines) is 1. The van der Waals surface area contributed by atoms with Crippen LogP contribution in [0.1, 0.15) is 28.9 Å². The number of hydrogen-bond acceptors (Lipinski definition) is 3. The van der Waals surface area contributed by atoms with Crippen LogP contribution in [0, 0.1) is 6.92 Å². The maximum atomic E-state index is 11.5. The van der Waals surface area contributed by atoms with Crippen molar-refractivity contribution in [2.75, 3.05) is 26.7 Å². The lowest BCUT2D eigenvalue weighted by Gasteiger charge is -2.16. The highest BCUT2D eigenvalue weighted by molar-refractivity contribution is 6.00. The topological polar surface area (TPSA) is 34.5 Å². The number of methoxy groups -OCH3 is 1. The number of hydrogen-bond donors (Lipinski definition) is 0. The Morgan fingerprint density at radius 1 is 1.24 bits per heavy atom. The van der Waals surface area contributed by atoms with Gasteiger partial charge in [0.15, 0.2) is 6.29 Å². The van der Waals surface area contributed by atoms with Gasteiger partial charge in [0.1, 0.15) is 5.75 Å². The Morgan fingerprint density at radius 2 is 2.00 bits per heavy atom. The number of fused-ring (bicyclic) bond motifs is 1. The first-order valence-electron chi connectivity index (χ1n) is 7.59. The molecule has 0 aliphatic carbocycles. The van der Waals surface area contributed by atoms with E-state index >= 15 is 0 Å². The molecule has 0 spiro atoms. The molecule has 112 valence electrons. The summed E-state index contributed by atoms with van der Waals surface area (Å²) in [5, 5.41) is 0.989. The molecular formula is C17H22N2O2. The third-order valence-corrected chi connectivity index (χ3v) is 4.54. The van der Waals surface area contributed by atoms with Gasteiger partial charge in [-0.05, 0) is 51.1 Å². The lowest BCUT2D eigenvalue weighted by molar-refractivity contribution is 0.112. The molecule has 1 saturated heterocycles. The summed E-state index contributed by atoms with van der Waals surface area (Å²) in [5.41, 5.74) is 2.95. The number of rotatable bonds is 5. The van der Waals surface area contributed by atoms with Gasteiger partial charge in [-0.2, -0.15) is 0 Å². The van der Waals surface area contributed by atoms with Crippen LogP contribution in [0.2, 0.25) is 0 Å². The zero-order chi connectivity index (χ0) is 14.8. The van der Waals surface area contributed by atoms with Crippen LogP contribution in [0.15, 0.2) is 18.2 Å². The fourth-order valence-corrected chi connectivity index (χ4v) is 3.30. The Kier molecular flexibility index (Phi) is 3.97. The van der Waals surface area contributed by atoms with Crippen molar-refractivity contribution < 1.29 is 9.53 Å². The van der Waals surface area contributed by atoms with Gasteiger partial charge in [0.25, 0.3) is 0 Å². The smallest absolute Gasteiger partial charge is 0.152 e. The molecular weight excluding hydrogens is 264 g/mol. The number of aromatic nitrogens is 1. The SMILES string of the molecule is COc1ccc2c(c1)c(C=O)c(C)n2CCN1CCCC1. The van der Waals surface area contributed by atoms with E-state index in [1.165, 1.54) is 25.9 Å². The molecule has 0 atom stereocenters. The summed E-state index contributed by atoms with van der Waals surface area (Å²) in [6, 6.07) is 5.97. The van der Waals surface area contributed by atoms with Gasteiger partial charge in [0, 0.05) is 35.2 Å². The van der Waals surface area contributed by atoms with Crippen LogP contribution in [0.25, 0.3) is 10.9 Å². The molecule has 21 heavy (non-hydrogen) atoms. The third-order valence-electron chi connectivity index (χ3n) is 4.54. The molecule has 2 aromatic rings. The van der Waals surface area contributed by atoms with Crippen molar-refractivity contribution in [2.45, 2.75) is 26.3 Å². The highest BCUT2D eigenvalue weighted by Crippen LogP contribution is 2.28. The lowest BCUT2D eigenvalue weighted by Crippen LogP contribution is -2.24. The number of carbonyl (C=O) groups is 1. The first-order chi connectivity index (χ1) is 10.2. The van der Waals surface area contributed by atoms with E-state index in [1.807, 2.05) is 19.1 Å². The van der Waals surface area contributed by atoms with E-state index in [4.69, 9.17) is 4.74 Å². The molecule has 0 unspecified atom stereocenters. The molecule has 0 saturated carbocycles. The molecule has 3 rings (SSSR count). The summed E-state index contributed by atoms with van der Waals surface area (Å²) in [5.74, 6) is 0.794. The number of nitrogens with zero attached hydrogens (tertiary/aromatic N) is 2. The predicted octanol–water partition coefficient (Wildman–Crippen LogP) is 2.87. The summed E-state index contributed by atoms with van der Waals surface area (Å²) >= 11 is 0. The average Bonchev–Trinajstić information content (AvgIpc) is 3.10. The largest absolute Gasteiger partial charge is 0.497 e. The van der Waals surface area contributed by atoms with E-state index in [-0.39, 0.29) is 0 Å². The maximum Gasteiger partial charge on any atom is 0.152 e. The zero-order valence-corrected chi connectivity index (χ0v) is 12.8. The molecule has 4 heteroatoms. The van der Waals surface area contributed by atoms with Crippen molar-refractivity contribution in [1.29, 1.82) is 0 Å². The van der Waals surface area contributed by atoms with Gasteiger partial charge in [-0.3, -0.25) is 4.79 Å². The molecule has 1 aliphatic rings. The predicted molar refractivity (Wildman–Crippen MR) is 84.3 cm³/mol. The van der Waals surface area contributed by atoms with Crippen LogP contribution in [0.3, 0.4) is 0 Å². The van der Waals surface area contributed by atoms with E-state index in [1.54, 1.807) is 7.11 Å². The van der Waals surface area contributed by atoms with Gasteiger partial charge < -0.3 is 14.2 Å². The number of aldehydes is 1. The second-order valence-electron chi connectivity index (χ2n) is 5.70. The fourth-order valence-electron chi connectivity index (χ4n) is 3.30. The van der Waals surface area contributed by atoms with Crippen molar-refractivity contribution in [3.63, 3.8) is 0 Å². The van der Waals surface area contributed by atoms with Crippen LogP contribution in [-0.4, -0.2) is 42.5 Å². The molecule has 0 radical (unpaired) electrons. The molecule has 1 aromatic heterocycles. The van der Waals surface area contributed by atoms with Crippen LogP contribution in [0.5, 0.6) is 5.75 Å². The second kappa shape index (κ2) is 5.90. The van der Waals surface area contributed by atoms with Crippen molar-refractivity contribution in [1.82, 2.24) is 9.47 Å². The molecule has 0 bridgehead atoms. The summed E-state index contributed by atoms with van der Waals surface area (Å²) in [4.78, 5) is 13.9. The minimum atomic E-state index is 0.783. The summed E-state index contributed by atoms with van der Waals surface area (Å²) in [6.45, 7) is 6.41. The molecule has 1 aromatic carbocycles. The van der Waals surface area contributed by atoms with Gasteiger partial charge in [-0.1, -0.05) is 0 Å². The normalized spacial score (nSPS) is 15.7. The van der Waals surface area contributed by atoms with Gasteiger partial charge in [-0.15, -0.1) is 0 Å². The monoisotopic (exact) mass is 286 g/mol. The van der Waals surface area contributed by atoms with Crippen molar-refractivity contribution in [2.24, 2.45) is 0 Å². The third kappa shape index (κ3) is 2.56. The van der Waals surface area contributed by atoms with E-state index in [9.17, 15) is 4.79 Å². The number of benzene rings is 1. The minimum absolute atomic E-state index is 0.783. The van der Waals surface area contributed by atoms with E-state index in [0.29, 0.717) is 0 Å². The molecule has 4 nitrogen and oxygen atoms in total. The van der Waals surface area contributed by atoms with Crippen molar-refractivity contribution >= 4 is 17.2 Å². The first kappa shape index (κ1) is 14.1. The molecule has 1 aliphatic heterocycles.